The molecule has 1 aliphatic rings. The number of hydrogen-bond acceptors (Lipinski definition) is 3. The molecule has 0 spiro atoms. The van der Waals surface area contributed by atoms with Gasteiger partial charge < -0.3 is 14.6 Å². The number of para-hydroxylation sites is 2. The highest BCUT2D eigenvalue weighted by molar-refractivity contribution is 5.78. The molecule has 0 aliphatic heterocycles. The van der Waals surface area contributed by atoms with E-state index in [4.69, 9.17) is 4.98 Å². The molecule has 0 unspecified atom stereocenters. The van der Waals surface area contributed by atoms with Gasteiger partial charge >= 0.3 is 0 Å². The van der Waals surface area contributed by atoms with E-state index in [-0.39, 0.29) is 6.61 Å². The Hall–Kier alpha value is -1.55. The summed E-state index contributed by atoms with van der Waals surface area (Å²) in [5.41, 5.74) is 2.12. The van der Waals surface area contributed by atoms with Gasteiger partial charge in [-0.2, -0.15) is 0 Å². The van der Waals surface area contributed by atoms with Crippen molar-refractivity contribution in [3.63, 3.8) is 0 Å². The molecule has 1 saturated carbocycles. The molecule has 102 valence electrons. The smallest absolute Gasteiger partial charge is 0.206 e. The number of rotatable bonds is 4. The summed E-state index contributed by atoms with van der Waals surface area (Å²) in [6, 6.07) is 8.74. The third kappa shape index (κ3) is 2.21. The quantitative estimate of drug-likeness (QED) is 0.916. The Labute approximate surface area is 113 Å². The number of aliphatic hydroxyl groups is 1. The van der Waals surface area contributed by atoms with Crippen molar-refractivity contribution >= 4 is 17.0 Å². The maximum atomic E-state index is 9.30. The molecule has 1 aromatic heterocycles. The van der Waals surface area contributed by atoms with Crippen molar-refractivity contribution in [3.8, 4) is 0 Å². The predicted octanol–water partition coefficient (Wildman–Crippen LogP) is 2.41. The highest BCUT2D eigenvalue weighted by Crippen LogP contribution is 2.29. The van der Waals surface area contributed by atoms with E-state index >= 15 is 0 Å². The van der Waals surface area contributed by atoms with Crippen molar-refractivity contribution in [2.75, 3.05) is 18.6 Å². The number of benzene rings is 1. The number of fused-ring (bicyclic) bond motifs is 1. The predicted molar refractivity (Wildman–Crippen MR) is 77.5 cm³/mol. The van der Waals surface area contributed by atoms with E-state index in [9.17, 15) is 5.11 Å². The lowest BCUT2D eigenvalue weighted by atomic mass is 10.2. The van der Waals surface area contributed by atoms with E-state index in [1.165, 1.54) is 25.7 Å². The minimum Gasteiger partial charge on any atom is -0.395 e. The van der Waals surface area contributed by atoms with Crippen molar-refractivity contribution in [1.29, 1.82) is 0 Å². The molecule has 3 rings (SSSR count). The molecule has 0 radical (unpaired) electrons. The van der Waals surface area contributed by atoms with E-state index in [2.05, 4.69) is 22.6 Å². The van der Waals surface area contributed by atoms with Crippen molar-refractivity contribution in [2.24, 2.45) is 0 Å². The van der Waals surface area contributed by atoms with Gasteiger partial charge in [-0.3, -0.25) is 0 Å². The standard InChI is InChI=1S/C15H21N3O/c1-17(12-6-2-3-7-12)15-16-13-8-4-5-9-14(13)18(15)10-11-19/h4-5,8-9,12,19H,2-3,6-7,10-11H2,1H3. The third-order valence-corrected chi connectivity index (χ3v) is 4.15. The molecule has 1 N–H and O–H groups in total. The van der Waals surface area contributed by atoms with Gasteiger partial charge in [0.2, 0.25) is 5.95 Å². The lowest BCUT2D eigenvalue weighted by Gasteiger charge is -2.26. The Balaban J connectivity index is 2.03. The lowest BCUT2D eigenvalue weighted by Crippen LogP contribution is -2.31. The largest absolute Gasteiger partial charge is 0.395 e. The fourth-order valence-electron chi connectivity index (χ4n) is 3.11. The van der Waals surface area contributed by atoms with Crippen molar-refractivity contribution < 1.29 is 5.11 Å². The summed E-state index contributed by atoms with van der Waals surface area (Å²) in [5.74, 6) is 0.988. The number of anilines is 1. The van der Waals surface area contributed by atoms with Crippen LogP contribution in [0.1, 0.15) is 25.7 Å². The van der Waals surface area contributed by atoms with Gasteiger partial charge in [0.1, 0.15) is 0 Å². The molecular weight excluding hydrogens is 238 g/mol. The normalized spacial score (nSPS) is 16.3. The highest BCUT2D eigenvalue weighted by Gasteiger charge is 2.23. The summed E-state index contributed by atoms with van der Waals surface area (Å²) < 4.78 is 2.13. The second-order valence-electron chi connectivity index (χ2n) is 5.32. The Morgan fingerprint density at radius 3 is 2.79 bits per heavy atom. The van der Waals surface area contributed by atoms with Crippen LogP contribution in [0, 0.1) is 0 Å². The van der Waals surface area contributed by atoms with Crippen molar-refractivity contribution in [3.05, 3.63) is 24.3 Å². The average Bonchev–Trinajstić information content (AvgIpc) is 3.06. The summed E-state index contributed by atoms with van der Waals surface area (Å²) in [6.07, 6.45) is 5.13. The molecule has 0 bridgehead atoms. The Morgan fingerprint density at radius 2 is 2.05 bits per heavy atom. The number of nitrogens with zero attached hydrogens (tertiary/aromatic N) is 3. The zero-order chi connectivity index (χ0) is 13.2. The average molecular weight is 259 g/mol. The number of aromatic nitrogens is 2. The topological polar surface area (TPSA) is 41.3 Å². The number of aliphatic hydroxyl groups excluding tert-OH is 1. The van der Waals surface area contributed by atoms with Gasteiger partial charge in [-0.1, -0.05) is 25.0 Å². The molecule has 0 atom stereocenters. The monoisotopic (exact) mass is 259 g/mol. The molecular formula is C15H21N3O. The Bertz CT molecular complexity index is 558. The zero-order valence-corrected chi connectivity index (χ0v) is 11.4. The van der Waals surface area contributed by atoms with Crippen LogP contribution in [0.2, 0.25) is 0 Å². The van der Waals surface area contributed by atoms with E-state index in [1.807, 2.05) is 18.2 Å². The van der Waals surface area contributed by atoms with Gasteiger partial charge in [-0.15, -0.1) is 0 Å². The van der Waals surface area contributed by atoms with Crippen LogP contribution in [-0.2, 0) is 6.54 Å². The second kappa shape index (κ2) is 5.21. The number of hydrogen-bond donors (Lipinski definition) is 1. The van der Waals surface area contributed by atoms with E-state index in [1.54, 1.807) is 0 Å². The molecule has 1 fully saturated rings. The van der Waals surface area contributed by atoms with Gasteiger partial charge in [-0.25, -0.2) is 4.98 Å². The summed E-state index contributed by atoms with van der Waals surface area (Å²) in [6.45, 7) is 0.749. The van der Waals surface area contributed by atoms with E-state index in [0.29, 0.717) is 12.6 Å². The second-order valence-corrected chi connectivity index (χ2v) is 5.32. The van der Waals surface area contributed by atoms with Crippen LogP contribution in [-0.4, -0.2) is 34.4 Å². The molecule has 1 heterocycles. The van der Waals surface area contributed by atoms with Gasteiger partial charge in [0.15, 0.2) is 0 Å². The van der Waals surface area contributed by atoms with Gasteiger partial charge in [-0.05, 0) is 25.0 Å². The van der Waals surface area contributed by atoms with Crippen LogP contribution >= 0.6 is 0 Å². The maximum Gasteiger partial charge on any atom is 0.206 e. The lowest BCUT2D eigenvalue weighted by molar-refractivity contribution is 0.278. The maximum absolute atomic E-state index is 9.30. The molecule has 1 aliphatic carbocycles. The van der Waals surface area contributed by atoms with Crippen LogP contribution in [0.3, 0.4) is 0 Å². The SMILES string of the molecule is CN(c1nc2ccccc2n1CCO)C1CCCC1. The van der Waals surface area contributed by atoms with Crippen LogP contribution in [0.25, 0.3) is 11.0 Å². The molecule has 0 amide bonds. The first-order valence-corrected chi connectivity index (χ1v) is 7.10. The molecule has 0 saturated heterocycles. The molecule has 4 nitrogen and oxygen atoms in total. The summed E-state index contributed by atoms with van der Waals surface area (Å²) in [4.78, 5) is 7.05. The third-order valence-electron chi connectivity index (χ3n) is 4.15. The van der Waals surface area contributed by atoms with Gasteiger partial charge in [0.05, 0.1) is 17.6 Å². The fourth-order valence-corrected chi connectivity index (χ4v) is 3.11. The van der Waals surface area contributed by atoms with Crippen LogP contribution in [0.15, 0.2) is 24.3 Å². The summed E-state index contributed by atoms with van der Waals surface area (Å²) in [7, 11) is 2.13. The zero-order valence-electron chi connectivity index (χ0n) is 11.4. The van der Waals surface area contributed by atoms with Gasteiger partial charge in [0, 0.05) is 19.6 Å². The van der Waals surface area contributed by atoms with E-state index in [0.717, 1.165) is 17.0 Å². The summed E-state index contributed by atoms with van der Waals surface area (Å²) in [5, 5.41) is 9.30. The Morgan fingerprint density at radius 1 is 1.32 bits per heavy atom. The van der Waals surface area contributed by atoms with Crippen LogP contribution < -0.4 is 4.90 Å². The molecule has 19 heavy (non-hydrogen) atoms. The van der Waals surface area contributed by atoms with Crippen LogP contribution in [0.4, 0.5) is 5.95 Å². The number of imidazole rings is 1. The fraction of sp³-hybridized carbons (Fsp3) is 0.533. The van der Waals surface area contributed by atoms with E-state index < -0.39 is 0 Å². The minimum atomic E-state index is 0.145. The van der Waals surface area contributed by atoms with Gasteiger partial charge in [0.25, 0.3) is 0 Å². The molecule has 2 aromatic rings. The minimum absolute atomic E-state index is 0.145. The molecule has 1 aromatic carbocycles. The first-order chi connectivity index (χ1) is 9.31. The first kappa shape index (κ1) is 12.5. The summed E-state index contributed by atoms with van der Waals surface area (Å²) >= 11 is 0. The van der Waals surface area contributed by atoms with Crippen molar-refractivity contribution in [2.45, 2.75) is 38.3 Å². The molecule has 4 heteroatoms. The highest BCUT2D eigenvalue weighted by atomic mass is 16.3. The van der Waals surface area contributed by atoms with Crippen LogP contribution in [0.5, 0.6) is 0 Å². The Kier molecular flexibility index (Phi) is 3.42. The van der Waals surface area contributed by atoms with Crippen molar-refractivity contribution in [1.82, 2.24) is 9.55 Å². The first-order valence-electron chi connectivity index (χ1n) is 7.10.